The molecule has 0 aliphatic carbocycles. The molecule has 0 aliphatic rings. The van der Waals surface area contributed by atoms with Gasteiger partial charge in [0, 0.05) is 38.4 Å². The number of phenols is 1. The third kappa shape index (κ3) is 7.62. The lowest BCUT2D eigenvalue weighted by Gasteiger charge is -2.28. The molecule has 4 aromatic carbocycles. The second-order valence-corrected chi connectivity index (χ2v) is 13.3. The zero-order valence-electron chi connectivity index (χ0n) is 22.9. The number of aromatic hydroxyl groups is 1. The Labute approximate surface area is 277 Å². The Hall–Kier alpha value is -3.31. The van der Waals surface area contributed by atoms with Gasteiger partial charge in [0.05, 0.1) is 13.1 Å². The molecule has 8 nitrogen and oxygen atoms in total. The van der Waals surface area contributed by atoms with Gasteiger partial charge in [-0.15, -0.1) is 0 Å². The minimum Gasteiger partial charge on any atom is -0.507 e. The quantitative estimate of drug-likeness (QED) is 0.0728. The summed E-state index contributed by atoms with van der Waals surface area (Å²) >= 11 is 15.3. The van der Waals surface area contributed by atoms with Gasteiger partial charge in [-0.3, -0.25) is 4.79 Å². The van der Waals surface area contributed by atoms with Crippen LogP contribution in [0.25, 0.3) is 0 Å². The molecule has 1 amide bonds. The lowest BCUT2D eigenvalue weighted by atomic mass is 10.1. The molecular formula is C29H20BrCl2F5N2O6S. The lowest BCUT2D eigenvalue weighted by molar-refractivity contribution is -0.119. The summed E-state index contributed by atoms with van der Waals surface area (Å²) < 4.78 is 99.6. The van der Waals surface area contributed by atoms with Gasteiger partial charge in [-0.05, 0) is 53.6 Å². The number of anilines is 1. The van der Waals surface area contributed by atoms with Crippen LogP contribution < -0.4 is 4.90 Å². The Morgan fingerprint density at radius 3 is 1.91 bits per heavy atom. The number of nitrogens with zero attached hydrogens (tertiary/aromatic N) is 2. The smallest absolute Gasteiger partial charge is 0.249 e. The number of aliphatic hydroxyl groups excluding tert-OH is 1. The van der Waals surface area contributed by atoms with E-state index in [1.165, 1.54) is 42.5 Å². The maximum atomic E-state index is 14.8. The van der Waals surface area contributed by atoms with Crippen molar-refractivity contribution >= 4 is 60.7 Å². The van der Waals surface area contributed by atoms with Gasteiger partial charge >= 0.3 is 0 Å². The highest BCUT2D eigenvalue weighted by atomic mass is 79.9. The van der Waals surface area contributed by atoms with Crippen LogP contribution in [0.2, 0.25) is 10.0 Å². The van der Waals surface area contributed by atoms with Crippen LogP contribution in [-0.2, 0) is 27.9 Å². The zero-order valence-corrected chi connectivity index (χ0v) is 26.8. The zero-order chi connectivity index (χ0) is 34.1. The van der Waals surface area contributed by atoms with Crippen molar-refractivity contribution in [3.05, 3.63) is 121 Å². The van der Waals surface area contributed by atoms with E-state index in [2.05, 4.69) is 15.9 Å². The van der Waals surface area contributed by atoms with Gasteiger partial charge in [-0.1, -0.05) is 51.3 Å². The van der Waals surface area contributed by atoms with Crippen molar-refractivity contribution in [3.63, 3.8) is 0 Å². The summed E-state index contributed by atoms with van der Waals surface area (Å²) in [5.41, 5.74) is 0.0437. The van der Waals surface area contributed by atoms with E-state index in [-0.39, 0.29) is 37.7 Å². The Balaban J connectivity index is 1.85. The number of sulfonamides is 1. The van der Waals surface area contributed by atoms with Crippen LogP contribution in [0, 0.1) is 29.1 Å². The maximum Gasteiger partial charge on any atom is 0.249 e. The second-order valence-electron chi connectivity index (χ2n) is 9.67. The molecule has 0 atom stereocenters. The highest BCUT2D eigenvalue weighted by Crippen LogP contribution is 2.33. The third-order valence-electron chi connectivity index (χ3n) is 6.52. The van der Waals surface area contributed by atoms with Crippen LogP contribution in [-0.4, -0.2) is 40.5 Å². The summed E-state index contributed by atoms with van der Waals surface area (Å²) in [6, 6.07) is 13.1. The minimum atomic E-state index is -5.64. The molecule has 244 valence electrons. The molecule has 0 aliphatic heterocycles. The first kappa shape index (κ1) is 35.5. The van der Waals surface area contributed by atoms with E-state index in [4.69, 9.17) is 23.2 Å². The Morgan fingerprint density at radius 1 is 0.783 bits per heavy atom. The molecule has 0 saturated heterocycles. The van der Waals surface area contributed by atoms with Crippen LogP contribution in [0.3, 0.4) is 0 Å². The summed E-state index contributed by atoms with van der Waals surface area (Å²) in [6.45, 7) is -2.37. The maximum absolute atomic E-state index is 14.8. The summed E-state index contributed by atoms with van der Waals surface area (Å²) in [6.07, 6.45) is -2.09. The minimum absolute atomic E-state index is 0.108. The number of aliphatic hydroxyl groups is 2. The van der Waals surface area contributed by atoms with Crippen molar-refractivity contribution in [1.29, 1.82) is 0 Å². The lowest BCUT2D eigenvalue weighted by Crippen LogP contribution is -2.43. The van der Waals surface area contributed by atoms with E-state index in [9.17, 15) is 50.5 Å². The number of hydrogen-bond acceptors (Lipinski definition) is 6. The average molecular weight is 770 g/mol. The fourth-order valence-electron chi connectivity index (χ4n) is 4.32. The summed E-state index contributed by atoms with van der Waals surface area (Å²) in [5.74, 6) is -14.6. The number of halogens is 8. The molecule has 46 heavy (non-hydrogen) atoms. The summed E-state index contributed by atoms with van der Waals surface area (Å²) in [5, 5.41) is 29.8. The highest BCUT2D eigenvalue weighted by molar-refractivity contribution is 9.10. The Morgan fingerprint density at radius 2 is 1.37 bits per heavy atom. The number of carbonyl (C=O) groups is 1. The normalized spacial score (nSPS) is 11.8. The van der Waals surface area contributed by atoms with Gasteiger partial charge in [0.25, 0.3) is 0 Å². The van der Waals surface area contributed by atoms with Gasteiger partial charge in [-0.2, -0.15) is 4.31 Å². The molecule has 0 aromatic heterocycles. The van der Waals surface area contributed by atoms with E-state index < -0.39 is 75.0 Å². The van der Waals surface area contributed by atoms with E-state index in [1.807, 2.05) is 0 Å². The van der Waals surface area contributed by atoms with Crippen LogP contribution in [0.1, 0.15) is 23.0 Å². The molecule has 0 bridgehead atoms. The van der Waals surface area contributed by atoms with E-state index in [1.54, 1.807) is 6.07 Å². The second kappa shape index (κ2) is 14.2. The van der Waals surface area contributed by atoms with E-state index >= 15 is 0 Å². The molecule has 0 spiro atoms. The molecule has 0 heterocycles. The van der Waals surface area contributed by atoms with Gasteiger partial charge in [0.2, 0.25) is 21.7 Å². The first-order chi connectivity index (χ1) is 21.5. The number of amides is 1. The van der Waals surface area contributed by atoms with Gasteiger partial charge in [0.1, 0.15) is 5.75 Å². The van der Waals surface area contributed by atoms with Crippen molar-refractivity contribution in [2.75, 3.05) is 11.4 Å². The number of phenolic OH excluding ortho intramolecular Hbond substituents is 1. The molecule has 4 aromatic rings. The van der Waals surface area contributed by atoms with Crippen molar-refractivity contribution in [3.8, 4) is 5.75 Å². The number of benzene rings is 4. The van der Waals surface area contributed by atoms with Gasteiger partial charge < -0.3 is 20.2 Å². The molecule has 0 radical (unpaired) electrons. The van der Waals surface area contributed by atoms with Crippen molar-refractivity contribution < 1.29 is 50.5 Å². The standard InChI is InChI=1S/C29H20BrCl2F5N2O6S/c30-16-7-15(8-18(32)9-16)12-39(19-5-6-20(29(42)43)21(40)10-19)22(41)13-38(11-14-1-3-17(31)4-2-14)46(44,45)28-26(36)24(34)23(33)25(35)27(28)37/h1-10,29,40,42-43H,11-13H2. The third-order valence-corrected chi connectivity index (χ3v) is 9.26. The highest BCUT2D eigenvalue weighted by Gasteiger charge is 2.38. The molecule has 0 unspecified atom stereocenters. The predicted octanol–water partition coefficient (Wildman–Crippen LogP) is 6.56. The fraction of sp³-hybridized carbons (Fsp3) is 0.138. The van der Waals surface area contributed by atoms with Crippen molar-refractivity contribution in [1.82, 2.24) is 4.31 Å². The molecule has 0 fully saturated rings. The van der Waals surface area contributed by atoms with E-state index in [0.29, 0.717) is 10.0 Å². The summed E-state index contributed by atoms with van der Waals surface area (Å²) in [4.78, 5) is 12.7. The van der Waals surface area contributed by atoms with Crippen LogP contribution in [0.5, 0.6) is 5.75 Å². The molecular weight excluding hydrogens is 750 g/mol. The van der Waals surface area contributed by atoms with Crippen molar-refractivity contribution in [2.24, 2.45) is 0 Å². The number of rotatable bonds is 10. The van der Waals surface area contributed by atoms with E-state index in [0.717, 1.165) is 17.0 Å². The Kier molecular flexibility index (Phi) is 11.0. The Bertz CT molecular complexity index is 1870. The SMILES string of the molecule is O=C(CN(Cc1ccc(Cl)cc1)S(=O)(=O)c1c(F)c(F)c(F)c(F)c1F)N(Cc1cc(Cl)cc(Br)c1)c1ccc(C(O)O)c(O)c1. The van der Waals surface area contributed by atoms with Gasteiger partial charge in [-0.25, -0.2) is 30.4 Å². The first-order valence-electron chi connectivity index (χ1n) is 12.7. The molecule has 17 heteroatoms. The van der Waals surface area contributed by atoms with Crippen LogP contribution in [0.4, 0.5) is 27.6 Å². The predicted molar refractivity (Wildman–Crippen MR) is 161 cm³/mol. The topological polar surface area (TPSA) is 118 Å². The first-order valence-corrected chi connectivity index (χ1v) is 15.7. The van der Waals surface area contributed by atoms with Crippen molar-refractivity contribution in [2.45, 2.75) is 24.3 Å². The fourth-order valence-corrected chi connectivity index (χ4v) is 6.87. The largest absolute Gasteiger partial charge is 0.507 e. The molecule has 4 rings (SSSR count). The van der Waals surface area contributed by atoms with Gasteiger partial charge in [0.15, 0.2) is 34.5 Å². The van der Waals surface area contributed by atoms with Crippen LogP contribution in [0.15, 0.2) is 70.0 Å². The van der Waals surface area contributed by atoms with Crippen LogP contribution >= 0.6 is 39.1 Å². The summed E-state index contributed by atoms with van der Waals surface area (Å²) in [7, 11) is -5.64. The molecule has 0 saturated carbocycles. The molecule has 3 N–H and O–H groups in total. The average Bonchev–Trinajstić information content (AvgIpc) is 2.97. The number of hydrogen-bond donors (Lipinski definition) is 3. The number of carbonyl (C=O) groups excluding carboxylic acids is 1. The monoisotopic (exact) mass is 768 g/mol.